The molecule has 0 spiro atoms. The molecule has 0 rings (SSSR count). The maximum Gasteiger partial charge on any atom is 0.245 e. The topological polar surface area (TPSA) is 57.2 Å². The first-order valence-electron chi connectivity index (χ1n) is 2.97. The van der Waals surface area contributed by atoms with Crippen molar-refractivity contribution < 1.29 is 23.5 Å². The number of ketones is 1. The van der Waals surface area contributed by atoms with Crippen molar-refractivity contribution in [2.24, 2.45) is 5.92 Å². The molecule has 0 amide bonds. The van der Waals surface area contributed by atoms with Crippen molar-refractivity contribution in [3.05, 3.63) is 0 Å². The van der Waals surface area contributed by atoms with Gasteiger partial charge in [0.1, 0.15) is 5.78 Å². The average molecular weight is 165 g/mol. The van der Waals surface area contributed by atoms with E-state index in [0.29, 0.717) is 0 Å². The number of rotatable bonds is 4. The molecule has 0 aromatic rings. The Balaban J connectivity index is 3.93. The van der Waals surface area contributed by atoms with Gasteiger partial charge in [0.15, 0.2) is 0 Å². The fraction of sp³-hybridized carbons (Fsp3) is 0.667. The minimum Gasteiger partial charge on any atom is -0.549 e. The molecule has 0 heterocycles. The van der Waals surface area contributed by atoms with Gasteiger partial charge in [-0.2, -0.15) is 0 Å². The predicted molar refractivity (Wildman–Crippen MR) is 29.8 cm³/mol. The molecule has 11 heavy (non-hydrogen) atoms. The number of Topliss-reactive ketones (excluding diaryl/α,β-unsaturated/α-hetero) is 1. The number of halogens is 2. The normalized spacial score (nSPS) is 13.1. The van der Waals surface area contributed by atoms with Crippen LogP contribution in [0.3, 0.4) is 0 Å². The van der Waals surface area contributed by atoms with E-state index in [0.717, 1.165) is 6.92 Å². The van der Waals surface area contributed by atoms with Gasteiger partial charge in [0.25, 0.3) is 0 Å². The van der Waals surface area contributed by atoms with Crippen LogP contribution in [0.15, 0.2) is 0 Å². The Bertz CT molecular complexity index is 167. The predicted octanol–water partition coefficient (Wildman–Crippen LogP) is -0.403. The number of carboxylic acids is 1. The van der Waals surface area contributed by atoms with Gasteiger partial charge < -0.3 is 9.90 Å². The Morgan fingerprint density at radius 2 is 1.91 bits per heavy atom. The van der Waals surface area contributed by atoms with Gasteiger partial charge in [0.05, 0.1) is 18.3 Å². The molecule has 0 aromatic heterocycles. The van der Waals surface area contributed by atoms with Crippen LogP contribution in [-0.2, 0) is 9.59 Å². The van der Waals surface area contributed by atoms with Gasteiger partial charge >= 0.3 is 0 Å². The van der Waals surface area contributed by atoms with E-state index in [1.165, 1.54) is 0 Å². The zero-order valence-corrected chi connectivity index (χ0v) is 5.84. The molecule has 3 nitrogen and oxygen atoms in total. The first kappa shape index (κ1) is 10.0. The van der Waals surface area contributed by atoms with Crippen LogP contribution in [-0.4, -0.2) is 18.2 Å². The number of carbonyl (C=O) groups excluding carboxylic acids is 2. The lowest BCUT2D eigenvalue weighted by molar-refractivity contribution is -0.309. The minimum absolute atomic E-state index is 1.000. The molecule has 0 fully saturated rings. The molecule has 5 heteroatoms. The summed E-state index contributed by atoms with van der Waals surface area (Å²) >= 11 is 0. The smallest absolute Gasteiger partial charge is 0.245 e. The van der Waals surface area contributed by atoms with E-state index < -0.39 is 30.5 Å². The van der Waals surface area contributed by atoms with E-state index >= 15 is 0 Å². The van der Waals surface area contributed by atoms with E-state index in [1.807, 2.05) is 0 Å². The fourth-order valence-corrected chi connectivity index (χ4v) is 0.460. The summed E-state index contributed by atoms with van der Waals surface area (Å²) in [4.78, 5) is 20.4. The summed E-state index contributed by atoms with van der Waals surface area (Å²) < 4.78 is 22.9. The highest BCUT2D eigenvalue weighted by atomic mass is 19.3. The SMILES string of the molecule is CC(C(=O)[O-])C(=O)CC(F)F. The maximum atomic E-state index is 11.5. The van der Waals surface area contributed by atoms with Gasteiger partial charge in [-0.05, 0) is 0 Å². The summed E-state index contributed by atoms with van der Waals surface area (Å²) in [5.74, 6) is -4.06. The van der Waals surface area contributed by atoms with Crippen molar-refractivity contribution in [2.45, 2.75) is 19.8 Å². The van der Waals surface area contributed by atoms with Crippen LogP contribution >= 0.6 is 0 Å². The van der Waals surface area contributed by atoms with Gasteiger partial charge in [-0.1, -0.05) is 6.92 Å². The van der Waals surface area contributed by atoms with Crippen LogP contribution in [0.25, 0.3) is 0 Å². The van der Waals surface area contributed by atoms with Crippen LogP contribution in [0.1, 0.15) is 13.3 Å². The van der Waals surface area contributed by atoms with Gasteiger partial charge in [0.2, 0.25) is 6.43 Å². The van der Waals surface area contributed by atoms with Gasteiger partial charge in [-0.25, -0.2) is 8.78 Å². The van der Waals surface area contributed by atoms with E-state index in [4.69, 9.17) is 0 Å². The second kappa shape index (κ2) is 4.00. The Kier molecular flexibility index (Phi) is 3.64. The maximum absolute atomic E-state index is 11.5. The molecule has 0 radical (unpaired) electrons. The van der Waals surface area contributed by atoms with Crippen molar-refractivity contribution in [1.82, 2.24) is 0 Å². The molecule has 64 valence electrons. The zero-order valence-electron chi connectivity index (χ0n) is 5.84. The number of carbonyl (C=O) groups is 2. The Morgan fingerprint density at radius 1 is 1.45 bits per heavy atom. The number of hydrogen-bond donors (Lipinski definition) is 0. The fourth-order valence-electron chi connectivity index (χ4n) is 0.460. The van der Waals surface area contributed by atoms with Crippen molar-refractivity contribution >= 4 is 11.8 Å². The van der Waals surface area contributed by atoms with Crippen molar-refractivity contribution in [3.8, 4) is 0 Å². The molecule has 1 atom stereocenters. The van der Waals surface area contributed by atoms with Crippen LogP contribution in [0, 0.1) is 5.92 Å². The summed E-state index contributed by atoms with van der Waals surface area (Å²) in [5.41, 5.74) is 0. The molecular weight excluding hydrogens is 158 g/mol. The molecule has 0 aliphatic heterocycles. The average Bonchev–Trinajstić information content (AvgIpc) is 1.84. The van der Waals surface area contributed by atoms with Crippen LogP contribution in [0.4, 0.5) is 8.78 Å². The van der Waals surface area contributed by atoms with Crippen LogP contribution in [0.5, 0.6) is 0 Å². The van der Waals surface area contributed by atoms with Gasteiger partial charge in [0, 0.05) is 0 Å². The molecule has 0 N–H and O–H groups in total. The van der Waals surface area contributed by atoms with E-state index in [1.54, 1.807) is 0 Å². The molecule has 1 unspecified atom stereocenters. The van der Waals surface area contributed by atoms with Crippen LogP contribution in [0.2, 0.25) is 0 Å². The van der Waals surface area contributed by atoms with E-state index in [9.17, 15) is 23.5 Å². The Labute approximate surface area is 62.0 Å². The lowest BCUT2D eigenvalue weighted by Crippen LogP contribution is -2.35. The van der Waals surface area contributed by atoms with Crippen molar-refractivity contribution in [3.63, 3.8) is 0 Å². The largest absolute Gasteiger partial charge is 0.549 e. The first-order valence-corrected chi connectivity index (χ1v) is 2.97. The highest BCUT2D eigenvalue weighted by Crippen LogP contribution is 2.06. The van der Waals surface area contributed by atoms with Crippen molar-refractivity contribution in [2.75, 3.05) is 0 Å². The highest BCUT2D eigenvalue weighted by molar-refractivity contribution is 5.97. The third kappa shape index (κ3) is 3.64. The van der Waals surface area contributed by atoms with E-state index in [2.05, 4.69) is 0 Å². The minimum atomic E-state index is -2.79. The summed E-state index contributed by atoms with van der Waals surface area (Å²) in [5, 5.41) is 9.95. The quantitative estimate of drug-likeness (QED) is 0.532. The Morgan fingerprint density at radius 3 is 2.18 bits per heavy atom. The molecule has 0 saturated carbocycles. The summed E-state index contributed by atoms with van der Waals surface area (Å²) in [7, 11) is 0. The first-order chi connectivity index (χ1) is 4.95. The van der Waals surface area contributed by atoms with Crippen molar-refractivity contribution in [1.29, 1.82) is 0 Å². The third-order valence-electron chi connectivity index (χ3n) is 1.19. The standard InChI is InChI=1S/C6H8F2O3/c1-3(6(10)11)4(9)2-5(7)8/h3,5H,2H2,1H3,(H,10,11)/p-1. The second-order valence-corrected chi connectivity index (χ2v) is 2.10. The molecule has 0 aliphatic rings. The summed E-state index contributed by atoms with van der Waals surface area (Å²) in [6.45, 7) is 1.03. The summed E-state index contributed by atoms with van der Waals surface area (Å²) in [6, 6.07) is 0. The molecule has 0 saturated heterocycles. The molecule has 0 bridgehead atoms. The molecule has 0 aliphatic carbocycles. The summed E-state index contributed by atoms with van der Waals surface area (Å²) in [6.07, 6.45) is -3.81. The van der Waals surface area contributed by atoms with Crippen LogP contribution < -0.4 is 5.11 Å². The lowest BCUT2D eigenvalue weighted by Gasteiger charge is -2.09. The van der Waals surface area contributed by atoms with E-state index in [-0.39, 0.29) is 0 Å². The monoisotopic (exact) mass is 165 g/mol. The number of aliphatic carboxylic acids is 1. The molecule has 0 aromatic carbocycles. The lowest BCUT2D eigenvalue weighted by atomic mass is 10.1. The Hall–Kier alpha value is -1.00. The zero-order chi connectivity index (χ0) is 9.02. The van der Waals surface area contributed by atoms with Gasteiger partial charge in [-0.3, -0.25) is 4.79 Å². The number of carboxylic acid groups (broad SMARTS) is 1. The highest BCUT2D eigenvalue weighted by Gasteiger charge is 2.18. The molecular formula is C6H7F2O3-. The number of alkyl halides is 2. The second-order valence-electron chi connectivity index (χ2n) is 2.10. The number of hydrogen-bond acceptors (Lipinski definition) is 3. The third-order valence-corrected chi connectivity index (χ3v) is 1.19. The van der Waals surface area contributed by atoms with Gasteiger partial charge in [-0.15, -0.1) is 0 Å².